The molecule has 1 aromatic carbocycles. The molecule has 2 rings (SSSR count). The average Bonchev–Trinajstić information content (AvgIpc) is 2.23. The summed E-state index contributed by atoms with van der Waals surface area (Å²) in [4.78, 5) is 34.1. The third-order valence-corrected chi connectivity index (χ3v) is 2.22. The van der Waals surface area contributed by atoms with Gasteiger partial charge in [-0.05, 0) is 0 Å². The maximum Gasteiger partial charge on any atom is 0.252 e. The van der Waals surface area contributed by atoms with Crippen molar-refractivity contribution in [3.05, 3.63) is 47.0 Å². The van der Waals surface area contributed by atoms with E-state index in [-0.39, 0.29) is 16.9 Å². The number of carbonyl (C=O) groups is 3. The van der Waals surface area contributed by atoms with Gasteiger partial charge in [0, 0.05) is 17.2 Å². The lowest BCUT2D eigenvalue weighted by Crippen LogP contribution is -2.26. The van der Waals surface area contributed by atoms with Gasteiger partial charge in [0.15, 0.2) is 11.6 Å². The van der Waals surface area contributed by atoms with Crippen molar-refractivity contribution in [3.8, 4) is 0 Å². The predicted octanol–water partition coefficient (Wildman–Crippen LogP) is 0.477. The Balaban J connectivity index is 2.64. The Kier molecular flexibility index (Phi) is 1.97. The van der Waals surface area contributed by atoms with E-state index in [1.807, 2.05) is 0 Å². The zero-order valence-corrected chi connectivity index (χ0v) is 7.69. The number of fused-ring (bicyclic) bond motifs is 1. The largest absolute Gasteiger partial charge is 0.365 e. The van der Waals surface area contributed by atoms with Gasteiger partial charge >= 0.3 is 0 Å². The summed E-state index contributed by atoms with van der Waals surface area (Å²) in [6, 6.07) is 6.34. The van der Waals surface area contributed by atoms with Gasteiger partial charge < -0.3 is 5.73 Å². The van der Waals surface area contributed by atoms with Crippen LogP contribution in [0.3, 0.4) is 0 Å². The fourth-order valence-corrected chi connectivity index (χ4v) is 1.50. The van der Waals surface area contributed by atoms with Crippen LogP contribution in [0.2, 0.25) is 0 Å². The molecule has 0 radical (unpaired) electrons. The molecule has 0 bridgehead atoms. The summed E-state index contributed by atoms with van der Waals surface area (Å²) < 4.78 is 0. The summed E-state index contributed by atoms with van der Waals surface area (Å²) in [6.45, 7) is 0. The van der Waals surface area contributed by atoms with Crippen LogP contribution in [0.4, 0.5) is 0 Å². The second-order valence-corrected chi connectivity index (χ2v) is 3.16. The highest BCUT2D eigenvalue weighted by Gasteiger charge is 2.27. The fourth-order valence-electron chi connectivity index (χ4n) is 1.50. The Hall–Kier alpha value is -2.23. The Morgan fingerprint density at radius 1 is 1.07 bits per heavy atom. The molecular formula is C11H7NO3. The third kappa shape index (κ3) is 1.36. The zero-order valence-electron chi connectivity index (χ0n) is 7.69. The van der Waals surface area contributed by atoms with Gasteiger partial charge in [0.2, 0.25) is 0 Å². The van der Waals surface area contributed by atoms with E-state index < -0.39 is 11.7 Å². The van der Waals surface area contributed by atoms with Crippen LogP contribution >= 0.6 is 0 Å². The van der Waals surface area contributed by atoms with Crippen molar-refractivity contribution >= 4 is 17.5 Å². The lowest BCUT2D eigenvalue weighted by atomic mass is 9.89. The number of benzene rings is 1. The van der Waals surface area contributed by atoms with Crippen molar-refractivity contribution < 1.29 is 14.4 Å². The highest BCUT2D eigenvalue weighted by Crippen LogP contribution is 2.20. The van der Waals surface area contributed by atoms with Crippen molar-refractivity contribution in [3.63, 3.8) is 0 Å². The van der Waals surface area contributed by atoms with Crippen molar-refractivity contribution in [2.45, 2.75) is 0 Å². The predicted molar refractivity (Wildman–Crippen MR) is 52.4 cm³/mol. The first-order valence-electron chi connectivity index (χ1n) is 4.31. The number of rotatable bonds is 1. The lowest BCUT2D eigenvalue weighted by Gasteiger charge is -2.11. The molecule has 0 aromatic heterocycles. The molecule has 0 aliphatic heterocycles. The van der Waals surface area contributed by atoms with Crippen molar-refractivity contribution in [1.82, 2.24) is 0 Å². The van der Waals surface area contributed by atoms with Crippen LogP contribution in [0.5, 0.6) is 0 Å². The van der Waals surface area contributed by atoms with Gasteiger partial charge in [0.1, 0.15) is 0 Å². The number of ketones is 2. The lowest BCUT2D eigenvalue weighted by molar-refractivity contribution is -0.114. The Morgan fingerprint density at radius 2 is 1.67 bits per heavy atom. The minimum atomic E-state index is -0.872. The second-order valence-electron chi connectivity index (χ2n) is 3.16. The average molecular weight is 201 g/mol. The smallest absolute Gasteiger partial charge is 0.252 e. The molecule has 0 unspecified atom stereocenters. The first-order valence-corrected chi connectivity index (χ1v) is 4.31. The summed E-state index contributed by atoms with van der Waals surface area (Å²) in [5.74, 6) is -1.72. The Morgan fingerprint density at radius 3 is 2.27 bits per heavy atom. The molecule has 0 heterocycles. The minimum Gasteiger partial charge on any atom is -0.365 e. The van der Waals surface area contributed by atoms with E-state index in [4.69, 9.17) is 5.73 Å². The molecule has 0 saturated heterocycles. The van der Waals surface area contributed by atoms with Gasteiger partial charge in [-0.25, -0.2) is 0 Å². The summed E-state index contributed by atoms with van der Waals surface area (Å²) in [6.07, 6.45) is 0.993. The van der Waals surface area contributed by atoms with Crippen LogP contribution in [0, 0.1) is 0 Å². The standard InChI is InChI=1S/C11H7NO3/c12-11(15)8-5-9(13)6-3-1-2-4-7(6)10(8)14/h1-5H,(H2,12,15). The van der Waals surface area contributed by atoms with Crippen molar-refractivity contribution in [2.75, 3.05) is 0 Å². The summed E-state index contributed by atoms with van der Waals surface area (Å²) in [5.41, 5.74) is 5.29. The number of hydrogen-bond acceptors (Lipinski definition) is 3. The van der Waals surface area contributed by atoms with Gasteiger partial charge in [-0.2, -0.15) is 0 Å². The minimum absolute atomic E-state index is 0.235. The molecule has 15 heavy (non-hydrogen) atoms. The maximum absolute atomic E-state index is 11.7. The summed E-state index contributed by atoms with van der Waals surface area (Å²) >= 11 is 0. The van der Waals surface area contributed by atoms with Gasteiger partial charge in [-0.15, -0.1) is 0 Å². The van der Waals surface area contributed by atoms with Crippen LogP contribution in [-0.4, -0.2) is 17.5 Å². The molecule has 0 spiro atoms. The van der Waals surface area contributed by atoms with Crippen LogP contribution in [0.25, 0.3) is 0 Å². The number of Topliss-reactive ketones (excluding diaryl/α,β-unsaturated/α-hetero) is 1. The summed E-state index contributed by atoms with van der Waals surface area (Å²) in [5, 5.41) is 0. The fraction of sp³-hybridized carbons (Fsp3) is 0. The summed E-state index contributed by atoms with van der Waals surface area (Å²) in [7, 11) is 0. The van der Waals surface area contributed by atoms with Crippen molar-refractivity contribution in [2.24, 2.45) is 5.73 Å². The highest BCUT2D eigenvalue weighted by atomic mass is 16.2. The first kappa shape index (κ1) is 9.33. The number of hydrogen-bond donors (Lipinski definition) is 1. The molecule has 4 nitrogen and oxygen atoms in total. The molecule has 4 heteroatoms. The van der Waals surface area contributed by atoms with Gasteiger partial charge in [0.25, 0.3) is 5.91 Å². The highest BCUT2D eigenvalue weighted by molar-refractivity contribution is 6.34. The molecular weight excluding hydrogens is 194 g/mol. The van der Waals surface area contributed by atoms with E-state index in [1.165, 1.54) is 6.07 Å². The maximum atomic E-state index is 11.7. The number of carbonyl (C=O) groups excluding carboxylic acids is 3. The molecule has 1 amide bonds. The van der Waals surface area contributed by atoms with Crippen LogP contribution < -0.4 is 5.73 Å². The van der Waals surface area contributed by atoms with E-state index in [1.54, 1.807) is 18.2 Å². The molecule has 2 N–H and O–H groups in total. The topological polar surface area (TPSA) is 77.2 Å². The Bertz CT molecular complexity index is 514. The van der Waals surface area contributed by atoms with E-state index >= 15 is 0 Å². The van der Waals surface area contributed by atoms with E-state index in [0.29, 0.717) is 5.56 Å². The SMILES string of the molecule is NC(=O)C1=CC(=O)c2ccccc2C1=O. The van der Waals surface area contributed by atoms with E-state index in [0.717, 1.165) is 6.08 Å². The van der Waals surface area contributed by atoms with Crippen LogP contribution in [0.15, 0.2) is 35.9 Å². The molecule has 0 atom stereocenters. The van der Waals surface area contributed by atoms with Gasteiger partial charge in [-0.3, -0.25) is 14.4 Å². The normalized spacial score (nSPS) is 14.5. The molecule has 74 valence electrons. The molecule has 1 aliphatic rings. The van der Waals surface area contributed by atoms with E-state index in [9.17, 15) is 14.4 Å². The number of amides is 1. The number of allylic oxidation sites excluding steroid dienone is 1. The van der Waals surface area contributed by atoms with Crippen LogP contribution in [0.1, 0.15) is 20.7 Å². The first-order chi connectivity index (χ1) is 7.11. The zero-order chi connectivity index (χ0) is 11.0. The Labute approximate surface area is 85.4 Å². The molecule has 0 fully saturated rings. The van der Waals surface area contributed by atoms with Gasteiger partial charge in [-0.1, -0.05) is 24.3 Å². The van der Waals surface area contributed by atoms with Gasteiger partial charge in [0.05, 0.1) is 5.57 Å². The third-order valence-electron chi connectivity index (χ3n) is 2.22. The molecule has 1 aliphatic carbocycles. The molecule has 0 saturated carbocycles. The molecule has 1 aromatic rings. The monoisotopic (exact) mass is 201 g/mol. The number of nitrogens with two attached hydrogens (primary N) is 1. The second kappa shape index (κ2) is 3.16. The van der Waals surface area contributed by atoms with Crippen molar-refractivity contribution in [1.29, 1.82) is 0 Å². The van der Waals surface area contributed by atoms with Crippen LogP contribution in [-0.2, 0) is 4.79 Å². The quantitative estimate of drug-likeness (QED) is 0.671. The van der Waals surface area contributed by atoms with E-state index in [2.05, 4.69) is 0 Å². The number of primary amides is 1.